The predicted octanol–water partition coefficient (Wildman–Crippen LogP) is 2.21. The molecule has 0 aromatic heterocycles. The standard InChI is InChI=1S/C13H13BrN2O4S2/c1-9-2-3-10(14)8-13(9)22(19,20)16-11-4-6-12(7-5-11)21(15,17)18/h2-8,16H,1H3,(H2,15,17,18). The summed E-state index contributed by atoms with van der Waals surface area (Å²) in [5.41, 5.74) is 0.837. The van der Waals surface area contributed by atoms with E-state index in [1.807, 2.05) is 0 Å². The lowest BCUT2D eigenvalue weighted by Gasteiger charge is -2.11. The van der Waals surface area contributed by atoms with E-state index in [0.29, 0.717) is 10.0 Å². The Balaban J connectivity index is 2.35. The number of nitrogens with one attached hydrogen (secondary N) is 1. The van der Waals surface area contributed by atoms with E-state index in [-0.39, 0.29) is 15.5 Å². The summed E-state index contributed by atoms with van der Waals surface area (Å²) in [7, 11) is -7.59. The van der Waals surface area contributed by atoms with Gasteiger partial charge in [0.1, 0.15) is 0 Å². The number of nitrogens with two attached hydrogens (primary N) is 1. The number of halogens is 1. The molecule has 0 saturated carbocycles. The van der Waals surface area contributed by atoms with Gasteiger partial charge in [0.2, 0.25) is 10.0 Å². The zero-order valence-electron chi connectivity index (χ0n) is 11.4. The van der Waals surface area contributed by atoms with Crippen LogP contribution in [0.4, 0.5) is 5.69 Å². The maximum absolute atomic E-state index is 12.4. The molecule has 0 unspecified atom stereocenters. The number of rotatable bonds is 4. The average Bonchev–Trinajstić information content (AvgIpc) is 2.40. The summed E-state index contributed by atoms with van der Waals surface area (Å²) in [5, 5.41) is 4.99. The second-order valence-corrected chi connectivity index (χ2v) is 8.71. The van der Waals surface area contributed by atoms with Crippen molar-refractivity contribution in [2.45, 2.75) is 16.7 Å². The van der Waals surface area contributed by atoms with Crippen LogP contribution in [0.2, 0.25) is 0 Å². The first-order valence-corrected chi connectivity index (χ1v) is 9.84. The number of hydrogen-bond acceptors (Lipinski definition) is 4. The molecule has 0 spiro atoms. The molecule has 2 aromatic rings. The van der Waals surface area contributed by atoms with Crippen molar-refractivity contribution in [3.8, 4) is 0 Å². The van der Waals surface area contributed by atoms with Gasteiger partial charge < -0.3 is 0 Å². The topological polar surface area (TPSA) is 106 Å². The Morgan fingerprint density at radius 1 is 1.00 bits per heavy atom. The third-order valence-electron chi connectivity index (χ3n) is 2.87. The Kier molecular flexibility index (Phi) is 4.62. The van der Waals surface area contributed by atoms with E-state index >= 15 is 0 Å². The van der Waals surface area contributed by atoms with E-state index in [2.05, 4.69) is 20.7 Å². The maximum Gasteiger partial charge on any atom is 0.262 e. The molecule has 2 rings (SSSR count). The van der Waals surface area contributed by atoms with Gasteiger partial charge >= 0.3 is 0 Å². The van der Waals surface area contributed by atoms with Crippen molar-refractivity contribution in [1.82, 2.24) is 0 Å². The van der Waals surface area contributed by atoms with Crippen molar-refractivity contribution in [2.75, 3.05) is 4.72 Å². The predicted molar refractivity (Wildman–Crippen MR) is 87.5 cm³/mol. The molecule has 0 bridgehead atoms. The Morgan fingerprint density at radius 2 is 1.59 bits per heavy atom. The molecule has 118 valence electrons. The summed E-state index contributed by atoms with van der Waals surface area (Å²) in [4.78, 5) is 0.0477. The number of benzene rings is 2. The molecule has 0 fully saturated rings. The minimum Gasteiger partial charge on any atom is -0.280 e. The highest BCUT2D eigenvalue weighted by atomic mass is 79.9. The maximum atomic E-state index is 12.4. The number of anilines is 1. The molecule has 0 aliphatic rings. The Labute approximate surface area is 137 Å². The van der Waals surface area contributed by atoms with Crippen LogP contribution < -0.4 is 9.86 Å². The normalized spacial score (nSPS) is 12.1. The van der Waals surface area contributed by atoms with Crippen molar-refractivity contribution in [2.24, 2.45) is 5.14 Å². The summed E-state index contributed by atoms with van der Waals surface area (Å²) < 4.78 is 50.1. The van der Waals surface area contributed by atoms with Gasteiger partial charge in [-0.05, 0) is 48.9 Å². The van der Waals surface area contributed by atoms with E-state index in [9.17, 15) is 16.8 Å². The lowest BCUT2D eigenvalue weighted by Crippen LogP contribution is -2.15. The van der Waals surface area contributed by atoms with Crippen molar-refractivity contribution in [3.63, 3.8) is 0 Å². The van der Waals surface area contributed by atoms with Crippen LogP contribution >= 0.6 is 15.9 Å². The fraction of sp³-hybridized carbons (Fsp3) is 0.0769. The van der Waals surface area contributed by atoms with Crippen LogP contribution in [0.5, 0.6) is 0 Å². The third-order valence-corrected chi connectivity index (χ3v) is 5.82. The molecule has 0 radical (unpaired) electrons. The van der Waals surface area contributed by atoms with Crippen LogP contribution in [-0.2, 0) is 20.0 Å². The zero-order chi connectivity index (χ0) is 16.5. The third kappa shape index (κ3) is 3.86. The molecule has 22 heavy (non-hydrogen) atoms. The SMILES string of the molecule is Cc1ccc(Br)cc1S(=O)(=O)Nc1ccc(S(N)(=O)=O)cc1. The Bertz CT molecular complexity index is 908. The molecule has 0 heterocycles. The van der Waals surface area contributed by atoms with Gasteiger partial charge in [0.15, 0.2) is 0 Å². The van der Waals surface area contributed by atoms with Crippen LogP contribution in [0.15, 0.2) is 56.7 Å². The number of hydrogen-bond donors (Lipinski definition) is 2. The fourth-order valence-electron chi connectivity index (χ4n) is 1.79. The van der Waals surface area contributed by atoms with Gasteiger partial charge in [0.05, 0.1) is 9.79 Å². The highest BCUT2D eigenvalue weighted by Crippen LogP contribution is 2.23. The zero-order valence-corrected chi connectivity index (χ0v) is 14.7. The van der Waals surface area contributed by atoms with Crippen molar-refractivity contribution in [3.05, 3.63) is 52.5 Å². The summed E-state index contributed by atoms with van der Waals surface area (Å²) in [6.45, 7) is 1.69. The van der Waals surface area contributed by atoms with E-state index in [4.69, 9.17) is 5.14 Å². The highest BCUT2D eigenvalue weighted by molar-refractivity contribution is 9.10. The first-order valence-electron chi connectivity index (χ1n) is 6.01. The van der Waals surface area contributed by atoms with Gasteiger partial charge in [-0.15, -0.1) is 0 Å². The van der Waals surface area contributed by atoms with E-state index in [0.717, 1.165) is 0 Å². The molecule has 0 aliphatic heterocycles. The van der Waals surface area contributed by atoms with Crippen LogP contribution in [0.25, 0.3) is 0 Å². The molecule has 0 atom stereocenters. The van der Waals surface area contributed by atoms with Crippen LogP contribution in [0, 0.1) is 6.92 Å². The van der Waals surface area contributed by atoms with Crippen LogP contribution in [-0.4, -0.2) is 16.8 Å². The van der Waals surface area contributed by atoms with Gasteiger partial charge in [0.25, 0.3) is 10.0 Å². The first-order chi connectivity index (χ1) is 10.1. The van der Waals surface area contributed by atoms with Gasteiger partial charge in [-0.2, -0.15) is 0 Å². The van der Waals surface area contributed by atoms with E-state index in [1.165, 1.54) is 30.3 Å². The van der Waals surface area contributed by atoms with Gasteiger partial charge in [-0.1, -0.05) is 22.0 Å². The van der Waals surface area contributed by atoms with Crippen molar-refractivity contribution >= 4 is 41.7 Å². The van der Waals surface area contributed by atoms with E-state index in [1.54, 1.807) is 19.1 Å². The molecule has 6 nitrogen and oxygen atoms in total. The second-order valence-electron chi connectivity index (χ2n) is 4.58. The summed E-state index contributed by atoms with van der Waals surface area (Å²) in [6.07, 6.45) is 0. The molecule has 0 saturated heterocycles. The van der Waals surface area contributed by atoms with Crippen molar-refractivity contribution < 1.29 is 16.8 Å². The van der Waals surface area contributed by atoms with E-state index < -0.39 is 20.0 Å². The lowest BCUT2D eigenvalue weighted by atomic mass is 10.2. The summed E-state index contributed by atoms with van der Waals surface area (Å²) in [5.74, 6) is 0. The van der Waals surface area contributed by atoms with Crippen LogP contribution in [0.1, 0.15) is 5.56 Å². The highest BCUT2D eigenvalue weighted by Gasteiger charge is 2.17. The smallest absolute Gasteiger partial charge is 0.262 e. The molecular weight excluding hydrogens is 392 g/mol. The quantitative estimate of drug-likeness (QED) is 0.813. The summed E-state index contributed by atoms with van der Waals surface area (Å²) in [6, 6.07) is 10.1. The molecule has 0 amide bonds. The fourth-order valence-corrected chi connectivity index (χ4v) is 4.14. The van der Waals surface area contributed by atoms with Gasteiger partial charge in [-0.25, -0.2) is 22.0 Å². The molecule has 2 aromatic carbocycles. The largest absolute Gasteiger partial charge is 0.280 e. The monoisotopic (exact) mass is 404 g/mol. The second kappa shape index (κ2) is 5.99. The minimum atomic E-state index is -3.81. The lowest BCUT2D eigenvalue weighted by molar-refractivity contribution is 0.597. The first kappa shape index (κ1) is 16.9. The number of aryl methyl sites for hydroxylation is 1. The van der Waals surface area contributed by atoms with Gasteiger partial charge in [0, 0.05) is 10.2 Å². The average molecular weight is 405 g/mol. The summed E-state index contributed by atoms with van der Waals surface area (Å²) >= 11 is 3.23. The Hall–Kier alpha value is -1.42. The molecule has 0 aliphatic carbocycles. The molecule has 3 N–H and O–H groups in total. The Morgan fingerprint density at radius 3 is 2.14 bits per heavy atom. The molecular formula is C13H13BrN2O4S2. The molecule has 9 heteroatoms. The number of sulfonamides is 2. The minimum absolute atomic E-state index is 0.0888. The number of primary sulfonamides is 1. The van der Waals surface area contributed by atoms with Crippen LogP contribution in [0.3, 0.4) is 0 Å². The van der Waals surface area contributed by atoms with Crippen molar-refractivity contribution in [1.29, 1.82) is 0 Å². The van der Waals surface area contributed by atoms with Gasteiger partial charge in [-0.3, -0.25) is 4.72 Å².